The molecule has 2 unspecified atom stereocenters. The summed E-state index contributed by atoms with van der Waals surface area (Å²) in [7, 11) is 1.75. The minimum Gasteiger partial charge on any atom is -1.00 e. The van der Waals surface area contributed by atoms with Gasteiger partial charge in [0.2, 0.25) is 0 Å². The molecule has 6 heteroatoms. The lowest BCUT2D eigenvalue weighted by Gasteiger charge is -2.38. The molecule has 4 nitrogen and oxygen atoms in total. The first-order valence-corrected chi connectivity index (χ1v) is 8.30. The van der Waals surface area contributed by atoms with Gasteiger partial charge in [-0.3, -0.25) is 4.90 Å². The number of aliphatic hydroxyl groups excluding tert-OH is 1. The van der Waals surface area contributed by atoms with E-state index in [1.54, 1.807) is 12.0 Å². The van der Waals surface area contributed by atoms with Gasteiger partial charge in [0.15, 0.2) is 11.4 Å². The van der Waals surface area contributed by atoms with Crippen molar-refractivity contribution in [1.29, 1.82) is 0 Å². The van der Waals surface area contributed by atoms with Crippen LogP contribution >= 0.6 is 0 Å². The van der Waals surface area contributed by atoms with Gasteiger partial charge in [-0.1, -0.05) is 18.6 Å². The van der Waals surface area contributed by atoms with Crippen LogP contribution in [0.25, 0.3) is 0 Å². The Morgan fingerprint density at radius 3 is 2.30 bits per heavy atom. The third-order valence-corrected chi connectivity index (χ3v) is 5.24. The number of aliphatic hydroxyl groups is 1. The Kier molecular flexibility index (Phi) is 8.65. The van der Waals surface area contributed by atoms with Gasteiger partial charge in [0, 0.05) is 12.5 Å². The second-order valence-corrected chi connectivity index (χ2v) is 6.42. The average Bonchev–Trinajstić information content (AvgIpc) is 2.55. The number of nitrogens with one attached hydrogen (secondary N) is 2. The predicted octanol–water partition coefficient (Wildman–Crippen LogP) is -6.58. The van der Waals surface area contributed by atoms with E-state index in [0.29, 0.717) is 6.04 Å². The quantitative estimate of drug-likeness (QED) is 0.500. The summed E-state index contributed by atoms with van der Waals surface area (Å²) in [6, 6.07) is 8.82. The normalized spacial score (nSPS) is 30.7. The standard InChI is InChI=1S/C17H26N2O2.2ClH/c1-21-17-9-5-3-7-15(17)19-12-10-18(11-13-19)14-6-2-4-8-16(14)20;;/h3,5,7,9,14,16,20H,2,4,6,8,10-13H2,1H3;2*1H. The lowest BCUT2D eigenvalue weighted by Crippen LogP contribution is -3.28. The molecule has 3 rings (SSSR count). The molecule has 3 N–H and O–H groups in total. The van der Waals surface area contributed by atoms with E-state index in [-0.39, 0.29) is 30.9 Å². The molecule has 1 aromatic rings. The Hall–Kier alpha value is -0.520. The summed E-state index contributed by atoms with van der Waals surface area (Å²) in [5, 5.41) is 10.2. The van der Waals surface area contributed by atoms with Gasteiger partial charge < -0.3 is 39.6 Å². The van der Waals surface area contributed by atoms with Crippen LogP contribution in [0.15, 0.2) is 24.3 Å². The lowest BCUT2D eigenvalue weighted by molar-refractivity contribution is -1.00. The first-order valence-electron chi connectivity index (χ1n) is 8.30. The largest absolute Gasteiger partial charge is 1.00 e. The molecule has 0 spiro atoms. The molecule has 23 heavy (non-hydrogen) atoms. The molecule has 1 aromatic carbocycles. The minimum absolute atomic E-state index is 0. The van der Waals surface area contributed by atoms with E-state index in [0.717, 1.165) is 38.3 Å². The summed E-state index contributed by atoms with van der Waals surface area (Å²) in [6.45, 7) is 4.54. The van der Waals surface area contributed by atoms with E-state index in [1.165, 1.54) is 29.8 Å². The fourth-order valence-corrected chi connectivity index (χ4v) is 4.04. The number of hydrogen-bond donors (Lipinski definition) is 3. The van der Waals surface area contributed by atoms with Crippen LogP contribution < -0.4 is 39.4 Å². The van der Waals surface area contributed by atoms with Crippen molar-refractivity contribution in [2.24, 2.45) is 0 Å². The SMILES string of the molecule is COc1ccccc1[NH+]1CC[NH+](C2CCCCC2O)CC1.[Cl-].[Cl-]. The van der Waals surface area contributed by atoms with E-state index in [2.05, 4.69) is 12.1 Å². The fourth-order valence-electron chi connectivity index (χ4n) is 4.04. The lowest BCUT2D eigenvalue weighted by atomic mass is 9.91. The van der Waals surface area contributed by atoms with Crippen molar-refractivity contribution in [2.75, 3.05) is 33.3 Å². The zero-order chi connectivity index (χ0) is 14.7. The first kappa shape index (κ1) is 20.5. The predicted molar refractivity (Wildman–Crippen MR) is 82.3 cm³/mol. The zero-order valence-electron chi connectivity index (χ0n) is 13.7. The molecule has 1 heterocycles. The number of benzene rings is 1. The number of ether oxygens (including phenoxy) is 1. The molecule has 0 aromatic heterocycles. The number of hydrogen-bond acceptors (Lipinski definition) is 2. The van der Waals surface area contributed by atoms with Crippen LogP contribution in [0, 0.1) is 0 Å². The molecule has 2 fully saturated rings. The number of quaternary nitrogens is 2. The second-order valence-electron chi connectivity index (χ2n) is 6.42. The van der Waals surface area contributed by atoms with E-state index in [9.17, 15) is 5.11 Å². The molecule has 1 saturated carbocycles. The van der Waals surface area contributed by atoms with Crippen molar-refractivity contribution in [1.82, 2.24) is 0 Å². The molecule has 0 amide bonds. The van der Waals surface area contributed by atoms with Gasteiger partial charge in [-0.25, -0.2) is 0 Å². The van der Waals surface area contributed by atoms with Gasteiger partial charge in [-0.15, -0.1) is 0 Å². The van der Waals surface area contributed by atoms with Crippen LogP contribution in [0.3, 0.4) is 0 Å². The summed E-state index contributed by atoms with van der Waals surface area (Å²) < 4.78 is 5.49. The Balaban J connectivity index is 0.00000132. The highest BCUT2D eigenvalue weighted by Gasteiger charge is 2.36. The van der Waals surface area contributed by atoms with Crippen LogP contribution in [0.4, 0.5) is 5.69 Å². The van der Waals surface area contributed by atoms with Gasteiger partial charge in [0.05, 0.1) is 7.11 Å². The first-order chi connectivity index (χ1) is 10.3. The summed E-state index contributed by atoms with van der Waals surface area (Å²) in [6.07, 6.45) is 4.59. The van der Waals surface area contributed by atoms with Gasteiger partial charge in [-0.05, 0) is 18.9 Å². The van der Waals surface area contributed by atoms with Gasteiger partial charge >= 0.3 is 0 Å². The van der Waals surface area contributed by atoms with Crippen molar-refractivity contribution in [2.45, 2.75) is 37.8 Å². The molecule has 2 aliphatic rings. The Morgan fingerprint density at radius 2 is 1.65 bits per heavy atom. The van der Waals surface area contributed by atoms with Gasteiger partial charge in [0.1, 0.15) is 38.3 Å². The maximum Gasteiger partial charge on any atom is 0.179 e. The van der Waals surface area contributed by atoms with Crippen LogP contribution in [0.2, 0.25) is 0 Å². The maximum atomic E-state index is 10.2. The van der Waals surface area contributed by atoms with Gasteiger partial charge in [0.25, 0.3) is 0 Å². The van der Waals surface area contributed by atoms with Crippen LogP contribution in [-0.2, 0) is 0 Å². The van der Waals surface area contributed by atoms with E-state index < -0.39 is 0 Å². The molecular formula is C17H28Cl2N2O2. The van der Waals surface area contributed by atoms with E-state index >= 15 is 0 Å². The monoisotopic (exact) mass is 362 g/mol. The Bertz CT molecular complexity index is 468. The highest BCUT2D eigenvalue weighted by molar-refractivity contribution is 5.45. The minimum atomic E-state index is -0.0819. The van der Waals surface area contributed by atoms with Crippen molar-refractivity contribution in [3.63, 3.8) is 0 Å². The van der Waals surface area contributed by atoms with Crippen LogP contribution in [0.1, 0.15) is 25.7 Å². The van der Waals surface area contributed by atoms with Crippen molar-refractivity contribution in [3.8, 4) is 5.75 Å². The molecule has 0 radical (unpaired) electrons. The zero-order valence-corrected chi connectivity index (χ0v) is 15.2. The number of halogens is 2. The molecule has 0 bridgehead atoms. The molecule has 2 atom stereocenters. The van der Waals surface area contributed by atoms with Crippen molar-refractivity contribution >= 4 is 5.69 Å². The number of piperazine rings is 1. The summed E-state index contributed by atoms with van der Waals surface area (Å²) in [5.74, 6) is 0.994. The van der Waals surface area contributed by atoms with Crippen LogP contribution in [-0.4, -0.2) is 50.5 Å². The van der Waals surface area contributed by atoms with Crippen molar-refractivity contribution in [3.05, 3.63) is 24.3 Å². The average molecular weight is 363 g/mol. The molecular weight excluding hydrogens is 335 g/mol. The third kappa shape index (κ3) is 4.74. The molecule has 1 saturated heterocycles. The van der Waals surface area contributed by atoms with E-state index in [1.807, 2.05) is 12.1 Å². The maximum absolute atomic E-state index is 10.2. The van der Waals surface area contributed by atoms with Gasteiger partial charge in [-0.2, -0.15) is 0 Å². The third-order valence-electron chi connectivity index (χ3n) is 5.24. The number of rotatable bonds is 3. The Labute approximate surface area is 151 Å². The number of methoxy groups -OCH3 is 1. The van der Waals surface area contributed by atoms with E-state index in [4.69, 9.17) is 4.74 Å². The summed E-state index contributed by atoms with van der Waals surface area (Å²) >= 11 is 0. The topological polar surface area (TPSA) is 38.3 Å². The highest BCUT2D eigenvalue weighted by Crippen LogP contribution is 2.19. The molecule has 132 valence electrons. The Morgan fingerprint density at radius 1 is 1.00 bits per heavy atom. The smallest absolute Gasteiger partial charge is 0.179 e. The summed E-state index contributed by atoms with van der Waals surface area (Å²) in [5.41, 5.74) is 1.28. The van der Waals surface area contributed by atoms with Crippen molar-refractivity contribution < 1.29 is 44.5 Å². The highest BCUT2D eigenvalue weighted by atomic mass is 35.5. The van der Waals surface area contributed by atoms with Crippen LogP contribution in [0.5, 0.6) is 5.75 Å². The second kappa shape index (κ2) is 9.70. The molecule has 1 aliphatic carbocycles. The number of para-hydroxylation sites is 2. The summed E-state index contributed by atoms with van der Waals surface area (Å²) in [4.78, 5) is 3.13. The fraction of sp³-hybridized carbons (Fsp3) is 0.647. The molecule has 1 aliphatic heterocycles.